The second kappa shape index (κ2) is 8.33. The van der Waals surface area contributed by atoms with E-state index in [1.54, 1.807) is 18.2 Å². The van der Waals surface area contributed by atoms with E-state index in [4.69, 9.17) is 9.15 Å². The van der Waals surface area contributed by atoms with Gasteiger partial charge in [0, 0.05) is 23.5 Å². The Labute approximate surface area is 151 Å². The number of hydrogen-bond acceptors (Lipinski definition) is 5. The maximum absolute atomic E-state index is 12.4. The highest BCUT2D eigenvalue weighted by Gasteiger charge is 2.22. The molecule has 0 saturated heterocycles. The van der Waals surface area contributed by atoms with Crippen LogP contribution in [0.25, 0.3) is 0 Å². The molecule has 138 valence electrons. The molecule has 0 fully saturated rings. The lowest BCUT2D eigenvalue weighted by Gasteiger charge is -2.12. The molecule has 0 saturated carbocycles. The molecule has 0 spiro atoms. The minimum Gasteiger partial charge on any atom is -0.459 e. The van der Waals surface area contributed by atoms with Gasteiger partial charge in [0.2, 0.25) is 5.78 Å². The topological polar surface area (TPSA) is 90.5 Å². The van der Waals surface area contributed by atoms with Crippen LogP contribution in [0.4, 0.5) is 0 Å². The van der Waals surface area contributed by atoms with E-state index in [0.717, 1.165) is 11.4 Å². The molecule has 0 bridgehead atoms. The predicted molar refractivity (Wildman–Crippen MR) is 95.0 cm³/mol. The number of rotatable bonds is 8. The van der Waals surface area contributed by atoms with Gasteiger partial charge in [-0.15, -0.1) is 6.58 Å². The zero-order chi connectivity index (χ0) is 19.3. The summed E-state index contributed by atoms with van der Waals surface area (Å²) < 4.78 is 11.9. The highest BCUT2D eigenvalue weighted by molar-refractivity contribution is 6.00. The first-order valence-electron chi connectivity index (χ1n) is 8.17. The molecule has 0 aliphatic rings. The average Bonchev–Trinajstić information content (AvgIpc) is 3.23. The monoisotopic (exact) mass is 358 g/mol. The molecular formula is C19H22N2O5. The van der Waals surface area contributed by atoms with E-state index in [1.165, 1.54) is 19.3 Å². The van der Waals surface area contributed by atoms with Gasteiger partial charge < -0.3 is 19.0 Å². The summed E-state index contributed by atoms with van der Waals surface area (Å²) in [4.78, 5) is 36.2. The van der Waals surface area contributed by atoms with E-state index in [9.17, 15) is 14.4 Å². The number of furan rings is 1. The van der Waals surface area contributed by atoms with Crippen LogP contribution < -0.4 is 5.32 Å². The Kier molecular flexibility index (Phi) is 6.16. The number of ether oxygens (including phenoxy) is 1. The van der Waals surface area contributed by atoms with Crippen molar-refractivity contribution in [2.24, 2.45) is 0 Å². The quantitative estimate of drug-likeness (QED) is 0.445. The van der Waals surface area contributed by atoms with E-state index >= 15 is 0 Å². The van der Waals surface area contributed by atoms with Crippen molar-refractivity contribution in [3.05, 3.63) is 59.8 Å². The van der Waals surface area contributed by atoms with Crippen molar-refractivity contribution in [1.29, 1.82) is 0 Å². The fraction of sp³-hybridized carbons (Fsp3) is 0.316. The number of aryl methyl sites for hydroxylation is 1. The van der Waals surface area contributed by atoms with Crippen molar-refractivity contribution in [2.75, 3.05) is 6.61 Å². The molecule has 0 aliphatic carbocycles. The van der Waals surface area contributed by atoms with Gasteiger partial charge in [-0.2, -0.15) is 0 Å². The van der Waals surface area contributed by atoms with Crippen LogP contribution in [0.15, 0.2) is 41.5 Å². The van der Waals surface area contributed by atoms with E-state index in [-0.39, 0.29) is 11.5 Å². The van der Waals surface area contributed by atoms with Gasteiger partial charge in [-0.1, -0.05) is 6.08 Å². The summed E-state index contributed by atoms with van der Waals surface area (Å²) in [6.45, 7) is 9.11. The first kappa shape index (κ1) is 19.2. The number of esters is 1. The Morgan fingerprint density at radius 3 is 2.73 bits per heavy atom. The van der Waals surface area contributed by atoms with Crippen molar-refractivity contribution in [1.82, 2.24) is 9.88 Å². The van der Waals surface area contributed by atoms with E-state index < -0.39 is 24.5 Å². The molecule has 0 radical (unpaired) electrons. The van der Waals surface area contributed by atoms with Crippen LogP contribution in [-0.2, 0) is 16.1 Å². The SMILES string of the molecule is C=CCn1c(C)cc(C(=O)COC(=O)[C@H](C)NC(=O)c2ccco2)c1C. The van der Waals surface area contributed by atoms with Crippen molar-refractivity contribution in [2.45, 2.75) is 33.4 Å². The first-order chi connectivity index (χ1) is 12.3. The zero-order valence-corrected chi connectivity index (χ0v) is 15.1. The average molecular weight is 358 g/mol. The van der Waals surface area contributed by atoms with Crippen LogP contribution in [-0.4, -0.2) is 34.9 Å². The van der Waals surface area contributed by atoms with Crippen molar-refractivity contribution in [3.63, 3.8) is 0 Å². The molecule has 1 atom stereocenters. The van der Waals surface area contributed by atoms with Gasteiger partial charge in [0.15, 0.2) is 12.4 Å². The summed E-state index contributed by atoms with van der Waals surface area (Å²) >= 11 is 0. The van der Waals surface area contributed by atoms with Crippen molar-refractivity contribution < 1.29 is 23.5 Å². The van der Waals surface area contributed by atoms with Gasteiger partial charge in [0.25, 0.3) is 5.91 Å². The van der Waals surface area contributed by atoms with Crippen LogP contribution in [0, 0.1) is 13.8 Å². The van der Waals surface area contributed by atoms with Gasteiger partial charge in [0.05, 0.1) is 6.26 Å². The summed E-state index contributed by atoms with van der Waals surface area (Å²) in [5.41, 5.74) is 2.23. The molecule has 0 aromatic carbocycles. The van der Waals surface area contributed by atoms with Crippen molar-refractivity contribution in [3.8, 4) is 0 Å². The maximum atomic E-state index is 12.4. The van der Waals surface area contributed by atoms with E-state index in [1.807, 2.05) is 18.4 Å². The number of Topliss-reactive ketones (excluding diaryl/α,β-unsaturated/α-hetero) is 1. The molecule has 1 N–H and O–H groups in total. The standard InChI is InChI=1S/C19H22N2O5/c1-5-8-21-12(2)10-15(14(21)4)16(22)11-26-19(24)13(3)20-18(23)17-7-6-9-25-17/h5-7,9-10,13H,1,8,11H2,2-4H3,(H,20,23)/t13-/m0/s1. The number of nitrogens with zero attached hydrogens (tertiary/aromatic N) is 1. The minimum absolute atomic E-state index is 0.0929. The highest BCUT2D eigenvalue weighted by Crippen LogP contribution is 2.16. The largest absolute Gasteiger partial charge is 0.459 e. The summed E-state index contributed by atoms with van der Waals surface area (Å²) in [7, 11) is 0. The summed E-state index contributed by atoms with van der Waals surface area (Å²) in [5, 5.41) is 2.45. The number of allylic oxidation sites excluding steroid dienone is 1. The van der Waals surface area contributed by atoms with Crippen LogP contribution >= 0.6 is 0 Å². The van der Waals surface area contributed by atoms with Gasteiger partial charge in [-0.05, 0) is 39.0 Å². The van der Waals surface area contributed by atoms with Gasteiger partial charge in [-0.25, -0.2) is 4.79 Å². The number of aromatic nitrogens is 1. The molecule has 7 nitrogen and oxygen atoms in total. The third-order valence-electron chi connectivity index (χ3n) is 3.98. The molecule has 2 rings (SSSR count). The first-order valence-corrected chi connectivity index (χ1v) is 8.17. The van der Waals surface area contributed by atoms with Crippen LogP contribution in [0.2, 0.25) is 0 Å². The zero-order valence-electron chi connectivity index (χ0n) is 15.1. The number of nitrogens with one attached hydrogen (secondary N) is 1. The predicted octanol–water partition coefficient (Wildman–Crippen LogP) is 2.43. The molecule has 26 heavy (non-hydrogen) atoms. The highest BCUT2D eigenvalue weighted by atomic mass is 16.5. The number of carbonyl (C=O) groups excluding carboxylic acids is 3. The second-order valence-electron chi connectivity index (χ2n) is 5.89. The number of ketones is 1. The van der Waals surface area contributed by atoms with Crippen LogP contribution in [0.5, 0.6) is 0 Å². The number of amides is 1. The Bertz CT molecular complexity index is 817. The van der Waals surface area contributed by atoms with Crippen molar-refractivity contribution >= 4 is 17.7 Å². The third-order valence-corrected chi connectivity index (χ3v) is 3.98. The fourth-order valence-electron chi connectivity index (χ4n) is 2.57. The molecule has 7 heteroatoms. The third kappa shape index (κ3) is 4.30. The van der Waals surface area contributed by atoms with E-state index in [2.05, 4.69) is 11.9 Å². The molecule has 2 aromatic heterocycles. The Morgan fingerprint density at radius 2 is 2.12 bits per heavy atom. The fourth-order valence-corrected chi connectivity index (χ4v) is 2.57. The lowest BCUT2D eigenvalue weighted by Crippen LogP contribution is -2.40. The summed E-state index contributed by atoms with van der Waals surface area (Å²) in [6.07, 6.45) is 3.11. The smallest absolute Gasteiger partial charge is 0.328 e. The molecule has 1 amide bonds. The van der Waals surface area contributed by atoms with E-state index in [0.29, 0.717) is 12.1 Å². The molecular weight excluding hydrogens is 336 g/mol. The normalized spacial score (nSPS) is 11.7. The Balaban J connectivity index is 1.92. The number of hydrogen-bond donors (Lipinski definition) is 1. The van der Waals surface area contributed by atoms with Crippen LogP contribution in [0.1, 0.15) is 39.2 Å². The summed E-state index contributed by atoms with van der Waals surface area (Å²) in [5.74, 6) is -1.43. The number of carbonyl (C=O) groups is 3. The Morgan fingerprint density at radius 1 is 1.38 bits per heavy atom. The van der Waals surface area contributed by atoms with Gasteiger partial charge >= 0.3 is 5.97 Å². The van der Waals surface area contributed by atoms with Gasteiger partial charge in [-0.3, -0.25) is 9.59 Å². The molecule has 0 unspecified atom stereocenters. The summed E-state index contributed by atoms with van der Waals surface area (Å²) in [6, 6.07) is 3.90. The maximum Gasteiger partial charge on any atom is 0.328 e. The molecule has 0 aliphatic heterocycles. The lowest BCUT2D eigenvalue weighted by molar-refractivity contribution is -0.144. The molecule has 2 heterocycles. The lowest BCUT2D eigenvalue weighted by atomic mass is 10.1. The van der Waals surface area contributed by atoms with Crippen LogP contribution in [0.3, 0.4) is 0 Å². The Hall–Kier alpha value is -3.09. The minimum atomic E-state index is -0.909. The second-order valence-corrected chi connectivity index (χ2v) is 5.89. The molecule has 2 aromatic rings. The van der Waals surface area contributed by atoms with Gasteiger partial charge in [0.1, 0.15) is 6.04 Å².